The molecule has 0 saturated carbocycles. The van der Waals surface area contributed by atoms with Gasteiger partial charge in [0.1, 0.15) is 6.61 Å². The van der Waals surface area contributed by atoms with Crippen LogP contribution in [0.1, 0.15) is 11.1 Å². The fourth-order valence-electron chi connectivity index (χ4n) is 2.53. The molecule has 27 heavy (non-hydrogen) atoms. The first-order valence-corrected chi connectivity index (χ1v) is 8.35. The normalized spacial score (nSPS) is 10.7. The molecule has 0 spiro atoms. The van der Waals surface area contributed by atoms with Crippen molar-refractivity contribution in [1.29, 1.82) is 0 Å². The topological polar surface area (TPSA) is 69.4 Å². The molecule has 0 bridgehead atoms. The van der Waals surface area contributed by atoms with E-state index in [1.165, 1.54) is 24.3 Å². The molecule has 134 valence electrons. The Kier molecular flexibility index (Phi) is 5.74. The Morgan fingerprint density at radius 3 is 2.33 bits per heavy atom. The Morgan fingerprint density at radius 2 is 1.63 bits per heavy atom. The average Bonchev–Trinajstić information content (AvgIpc) is 2.72. The monoisotopic (exact) mass is 359 g/mol. The second-order valence-corrected chi connectivity index (χ2v) is 5.86. The highest BCUT2D eigenvalue weighted by Crippen LogP contribution is 2.19. The highest BCUT2D eigenvalue weighted by molar-refractivity contribution is 5.87. The highest BCUT2D eigenvalue weighted by atomic mass is 16.6. The first-order chi connectivity index (χ1) is 13.1. The van der Waals surface area contributed by atoms with Crippen molar-refractivity contribution in [2.24, 2.45) is 0 Å². The third-order valence-corrected chi connectivity index (χ3v) is 3.94. The largest absolute Gasteiger partial charge is 0.458 e. The van der Waals surface area contributed by atoms with Gasteiger partial charge in [-0.3, -0.25) is 10.1 Å². The molecule has 3 aromatic rings. The van der Waals surface area contributed by atoms with Gasteiger partial charge in [0.2, 0.25) is 0 Å². The van der Waals surface area contributed by atoms with E-state index in [1.807, 2.05) is 54.6 Å². The van der Waals surface area contributed by atoms with E-state index in [-0.39, 0.29) is 12.3 Å². The number of hydrogen-bond donors (Lipinski definition) is 0. The summed E-state index contributed by atoms with van der Waals surface area (Å²) < 4.78 is 5.21. The zero-order chi connectivity index (χ0) is 19.1. The first-order valence-electron chi connectivity index (χ1n) is 8.35. The van der Waals surface area contributed by atoms with Crippen LogP contribution in [0.2, 0.25) is 0 Å². The number of esters is 1. The fraction of sp³-hybridized carbons (Fsp3) is 0.0455. The number of rotatable bonds is 6. The second-order valence-electron chi connectivity index (χ2n) is 5.86. The predicted molar refractivity (Wildman–Crippen MR) is 104 cm³/mol. The standard InChI is InChI=1S/C22H17NO4/c24-22(14-11-17-5-4-8-21(15-17)23(25)26)27-16-18-9-12-20(13-10-18)19-6-2-1-3-7-19/h1-15H,16H2/b14-11+. The van der Waals surface area contributed by atoms with Crippen molar-refractivity contribution in [3.63, 3.8) is 0 Å². The Morgan fingerprint density at radius 1 is 0.926 bits per heavy atom. The maximum Gasteiger partial charge on any atom is 0.331 e. The van der Waals surface area contributed by atoms with Gasteiger partial charge in [-0.05, 0) is 28.3 Å². The lowest BCUT2D eigenvalue weighted by atomic mass is 10.0. The molecular formula is C22H17NO4. The number of nitro groups is 1. The van der Waals surface area contributed by atoms with Crippen LogP contribution in [-0.4, -0.2) is 10.9 Å². The molecule has 0 fully saturated rings. The van der Waals surface area contributed by atoms with Gasteiger partial charge in [-0.25, -0.2) is 4.79 Å². The van der Waals surface area contributed by atoms with Gasteiger partial charge in [0, 0.05) is 18.2 Å². The van der Waals surface area contributed by atoms with Crippen LogP contribution in [0, 0.1) is 10.1 Å². The number of nitrogens with zero attached hydrogens (tertiary/aromatic N) is 1. The number of non-ortho nitro benzene ring substituents is 1. The van der Waals surface area contributed by atoms with Gasteiger partial charge in [-0.1, -0.05) is 66.7 Å². The smallest absolute Gasteiger partial charge is 0.331 e. The van der Waals surface area contributed by atoms with Gasteiger partial charge in [-0.2, -0.15) is 0 Å². The lowest BCUT2D eigenvalue weighted by Crippen LogP contribution is -2.00. The molecule has 0 heterocycles. The van der Waals surface area contributed by atoms with Crippen molar-refractivity contribution < 1.29 is 14.5 Å². The van der Waals surface area contributed by atoms with Crippen LogP contribution in [-0.2, 0) is 16.1 Å². The number of ether oxygens (including phenoxy) is 1. The molecule has 0 radical (unpaired) electrons. The van der Waals surface area contributed by atoms with Crippen LogP contribution in [0.3, 0.4) is 0 Å². The summed E-state index contributed by atoms with van der Waals surface area (Å²) in [6.07, 6.45) is 2.76. The summed E-state index contributed by atoms with van der Waals surface area (Å²) in [5, 5.41) is 10.8. The van der Waals surface area contributed by atoms with Crippen molar-refractivity contribution >= 4 is 17.7 Å². The Bertz CT molecular complexity index is 963. The van der Waals surface area contributed by atoms with Crippen molar-refractivity contribution in [2.75, 3.05) is 0 Å². The molecule has 0 amide bonds. The van der Waals surface area contributed by atoms with E-state index < -0.39 is 10.9 Å². The van der Waals surface area contributed by atoms with Crippen LogP contribution in [0.25, 0.3) is 17.2 Å². The van der Waals surface area contributed by atoms with E-state index >= 15 is 0 Å². The highest BCUT2D eigenvalue weighted by Gasteiger charge is 2.05. The average molecular weight is 359 g/mol. The quantitative estimate of drug-likeness (QED) is 0.268. The van der Waals surface area contributed by atoms with E-state index in [0.29, 0.717) is 5.56 Å². The van der Waals surface area contributed by atoms with E-state index in [9.17, 15) is 14.9 Å². The molecule has 3 aromatic carbocycles. The maximum atomic E-state index is 11.9. The van der Waals surface area contributed by atoms with Gasteiger partial charge in [0.05, 0.1) is 4.92 Å². The zero-order valence-corrected chi connectivity index (χ0v) is 14.4. The van der Waals surface area contributed by atoms with Gasteiger partial charge in [-0.15, -0.1) is 0 Å². The molecule has 0 aliphatic heterocycles. The Labute approximate surface area is 156 Å². The molecule has 3 rings (SSSR count). The molecule has 0 aliphatic carbocycles. The third kappa shape index (κ3) is 5.12. The van der Waals surface area contributed by atoms with Crippen molar-refractivity contribution in [3.8, 4) is 11.1 Å². The summed E-state index contributed by atoms with van der Waals surface area (Å²) in [6, 6.07) is 23.9. The van der Waals surface area contributed by atoms with Crippen LogP contribution < -0.4 is 0 Å². The zero-order valence-electron chi connectivity index (χ0n) is 14.4. The van der Waals surface area contributed by atoms with Gasteiger partial charge >= 0.3 is 5.97 Å². The van der Waals surface area contributed by atoms with Gasteiger partial charge < -0.3 is 4.74 Å². The lowest BCUT2D eigenvalue weighted by molar-refractivity contribution is -0.384. The van der Waals surface area contributed by atoms with E-state index in [1.54, 1.807) is 12.1 Å². The number of carbonyl (C=O) groups is 1. The summed E-state index contributed by atoms with van der Waals surface area (Å²) in [5.74, 6) is -0.506. The van der Waals surface area contributed by atoms with Crippen LogP contribution >= 0.6 is 0 Å². The third-order valence-electron chi connectivity index (χ3n) is 3.94. The summed E-state index contributed by atoms with van der Waals surface area (Å²) in [7, 11) is 0. The lowest BCUT2D eigenvalue weighted by Gasteiger charge is -2.05. The van der Waals surface area contributed by atoms with Crippen molar-refractivity contribution in [1.82, 2.24) is 0 Å². The van der Waals surface area contributed by atoms with Crippen molar-refractivity contribution in [3.05, 3.63) is 106 Å². The molecule has 0 aromatic heterocycles. The molecule has 0 unspecified atom stereocenters. The van der Waals surface area contributed by atoms with Gasteiger partial charge in [0.15, 0.2) is 0 Å². The number of hydrogen-bond acceptors (Lipinski definition) is 4. The molecule has 0 aliphatic rings. The molecular weight excluding hydrogens is 342 g/mol. The second kappa shape index (κ2) is 8.58. The maximum absolute atomic E-state index is 11.9. The molecule has 0 saturated heterocycles. The van der Waals surface area contributed by atoms with Crippen LogP contribution in [0.5, 0.6) is 0 Å². The predicted octanol–water partition coefficient (Wildman–Crippen LogP) is 5.02. The summed E-state index contributed by atoms with van der Waals surface area (Å²) >= 11 is 0. The Balaban J connectivity index is 1.56. The number of carbonyl (C=O) groups excluding carboxylic acids is 1. The fourth-order valence-corrected chi connectivity index (χ4v) is 2.53. The minimum Gasteiger partial charge on any atom is -0.458 e. The van der Waals surface area contributed by atoms with E-state index in [0.717, 1.165) is 16.7 Å². The van der Waals surface area contributed by atoms with Crippen LogP contribution in [0.15, 0.2) is 84.9 Å². The SMILES string of the molecule is O=C(/C=C/c1cccc([N+](=O)[O-])c1)OCc1ccc(-c2ccccc2)cc1. The molecule has 0 atom stereocenters. The Hall–Kier alpha value is -3.73. The summed E-state index contributed by atoms with van der Waals surface area (Å²) in [4.78, 5) is 22.1. The minimum atomic E-state index is -0.506. The first kappa shape index (κ1) is 18.1. The summed E-state index contributed by atoms with van der Waals surface area (Å²) in [5.41, 5.74) is 3.64. The van der Waals surface area contributed by atoms with Gasteiger partial charge in [0.25, 0.3) is 5.69 Å². The molecule has 0 N–H and O–H groups in total. The molecule has 5 heteroatoms. The molecule has 5 nitrogen and oxygen atoms in total. The minimum absolute atomic E-state index is 0.0241. The van der Waals surface area contributed by atoms with Crippen LogP contribution in [0.4, 0.5) is 5.69 Å². The van der Waals surface area contributed by atoms with E-state index in [4.69, 9.17) is 4.74 Å². The number of nitro benzene ring substituents is 1. The summed E-state index contributed by atoms with van der Waals surface area (Å²) in [6.45, 7) is 0.160. The van der Waals surface area contributed by atoms with E-state index in [2.05, 4.69) is 0 Å². The van der Waals surface area contributed by atoms with Crippen molar-refractivity contribution in [2.45, 2.75) is 6.61 Å². The number of benzene rings is 3.